The van der Waals surface area contributed by atoms with Crippen LogP contribution in [-0.4, -0.2) is 53.1 Å². The number of carbonyl (C=O) groups is 1. The molecule has 35 heavy (non-hydrogen) atoms. The molecule has 0 aliphatic heterocycles. The average Bonchev–Trinajstić information content (AvgIpc) is 2.79. The van der Waals surface area contributed by atoms with E-state index in [0.717, 1.165) is 19.1 Å². The summed E-state index contributed by atoms with van der Waals surface area (Å²) in [6.07, 6.45) is -0.806. The Labute approximate surface area is 220 Å². The summed E-state index contributed by atoms with van der Waals surface area (Å²) in [6, 6.07) is 8.13. The normalized spacial score (nSPS) is 12.7. The van der Waals surface area contributed by atoms with Crippen molar-refractivity contribution < 1.29 is 35.8 Å². The summed E-state index contributed by atoms with van der Waals surface area (Å²) in [7, 11) is -7.35. The third kappa shape index (κ3) is 8.71. The number of ether oxygens (including phenoxy) is 3. The van der Waals surface area contributed by atoms with Crippen LogP contribution >= 0.6 is 34.8 Å². The number of hydrogen-bond donors (Lipinski definition) is 0. The van der Waals surface area contributed by atoms with Crippen LogP contribution in [-0.2, 0) is 29.2 Å². The Morgan fingerprint density at radius 3 is 2.11 bits per heavy atom. The molecular formula is C22H25Cl3O8S2. The first kappa shape index (κ1) is 29.5. The minimum atomic E-state index is -3.99. The van der Waals surface area contributed by atoms with Gasteiger partial charge in [0.25, 0.3) is 0 Å². The zero-order valence-corrected chi connectivity index (χ0v) is 22.9. The molecule has 0 saturated heterocycles. The summed E-state index contributed by atoms with van der Waals surface area (Å²) < 4.78 is 65.9. The number of benzene rings is 2. The minimum absolute atomic E-state index is 0.00874. The number of alkyl halides is 1. The van der Waals surface area contributed by atoms with Gasteiger partial charge >= 0.3 is 5.97 Å². The van der Waals surface area contributed by atoms with Crippen LogP contribution in [0.2, 0.25) is 10.0 Å². The predicted molar refractivity (Wildman–Crippen MR) is 134 cm³/mol. The monoisotopic (exact) mass is 586 g/mol. The van der Waals surface area contributed by atoms with Gasteiger partial charge in [-0.05, 0) is 42.8 Å². The van der Waals surface area contributed by atoms with Gasteiger partial charge in [0.15, 0.2) is 5.75 Å². The molecule has 0 amide bonds. The minimum Gasteiger partial charge on any atom is -0.494 e. The molecule has 0 radical (unpaired) electrons. The standard InChI is InChI=1S/C22H25Cl3O8S2/c1-3-34(27,28)12-9-21(32-15(2)26)33-22-19(24)13-18(14-20(22)25)35(29,30)17-7-5-16(6-8-17)31-11-4-10-23/h5-8,13-14,21H,3-4,9-12H2,1-2H3. The van der Waals surface area contributed by atoms with Crippen molar-refractivity contribution in [2.24, 2.45) is 0 Å². The van der Waals surface area contributed by atoms with Gasteiger partial charge in [-0.2, -0.15) is 0 Å². The first-order chi connectivity index (χ1) is 16.4. The highest BCUT2D eigenvalue weighted by Crippen LogP contribution is 2.38. The second-order valence-corrected chi connectivity index (χ2v) is 12.9. The van der Waals surface area contributed by atoms with Crippen molar-refractivity contribution in [1.82, 2.24) is 0 Å². The molecule has 1 atom stereocenters. The van der Waals surface area contributed by atoms with Gasteiger partial charge in [-0.1, -0.05) is 30.1 Å². The van der Waals surface area contributed by atoms with Gasteiger partial charge in [0.1, 0.15) is 15.6 Å². The molecular weight excluding hydrogens is 563 g/mol. The summed E-state index contributed by atoms with van der Waals surface area (Å²) in [5.74, 6) is -0.285. The van der Waals surface area contributed by atoms with E-state index in [9.17, 15) is 21.6 Å². The van der Waals surface area contributed by atoms with E-state index in [2.05, 4.69) is 0 Å². The average molecular weight is 588 g/mol. The molecule has 0 N–H and O–H groups in total. The topological polar surface area (TPSA) is 113 Å². The Bertz CT molecular complexity index is 1210. The lowest BCUT2D eigenvalue weighted by Crippen LogP contribution is -2.27. The van der Waals surface area contributed by atoms with Crippen LogP contribution in [0.15, 0.2) is 46.2 Å². The molecule has 0 heterocycles. The number of halogens is 3. The predicted octanol–water partition coefficient (Wildman–Crippen LogP) is 4.93. The van der Waals surface area contributed by atoms with E-state index in [4.69, 9.17) is 49.0 Å². The molecule has 2 aromatic carbocycles. The Kier molecular flexibility index (Phi) is 11.0. The molecule has 0 aliphatic carbocycles. The molecule has 8 nitrogen and oxygen atoms in total. The summed E-state index contributed by atoms with van der Waals surface area (Å²) in [5, 5.41) is -0.319. The van der Waals surface area contributed by atoms with Crippen molar-refractivity contribution in [1.29, 1.82) is 0 Å². The van der Waals surface area contributed by atoms with E-state index in [0.29, 0.717) is 24.7 Å². The van der Waals surface area contributed by atoms with E-state index in [1.165, 1.54) is 31.2 Å². The van der Waals surface area contributed by atoms with E-state index >= 15 is 0 Å². The van der Waals surface area contributed by atoms with Gasteiger partial charge in [-0.25, -0.2) is 16.8 Å². The van der Waals surface area contributed by atoms with Crippen molar-refractivity contribution >= 4 is 60.4 Å². The number of sulfone groups is 2. The fraction of sp³-hybridized carbons (Fsp3) is 0.409. The number of carbonyl (C=O) groups excluding carboxylic acids is 1. The number of rotatable bonds is 13. The van der Waals surface area contributed by atoms with Gasteiger partial charge < -0.3 is 14.2 Å². The molecule has 0 saturated carbocycles. The third-order valence-electron chi connectivity index (χ3n) is 4.61. The maximum absolute atomic E-state index is 13.1. The Morgan fingerprint density at radius 1 is 1.00 bits per heavy atom. The largest absolute Gasteiger partial charge is 0.494 e. The van der Waals surface area contributed by atoms with Gasteiger partial charge in [0.05, 0.1) is 32.2 Å². The molecule has 194 valence electrons. The van der Waals surface area contributed by atoms with Gasteiger partial charge in [0.2, 0.25) is 16.1 Å². The fourth-order valence-electron chi connectivity index (χ4n) is 2.78. The molecule has 2 aromatic rings. The van der Waals surface area contributed by atoms with Crippen molar-refractivity contribution in [3.05, 3.63) is 46.4 Å². The maximum atomic E-state index is 13.1. The van der Waals surface area contributed by atoms with Crippen LogP contribution in [0.5, 0.6) is 11.5 Å². The van der Waals surface area contributed by atoms with Crippen molar-refractivity contribution in [2.75, 3.05) is 24.0 Å². The molecule has 0 aromatic heterocycles. The highest BCUT2D eigenvalue weighted by Gasteiger charge is 2.25. The lowest BCUT2D eigenvalue weighted by molar-refractivity contribution is -0.161. The highest BCUT2D eigenvalue weighted by molar-refractivity contribution is 7.91. The van der Waals surface area contributed by atoms with Gasteiger partial charge in [-0.15, -0.1) is 11.6 Å². The zero-order valence-electron chi connectivity index (χ0n) is 19.0. The smallest absolute Gasteiger partial charge is 0.305 e. The molecule has 1 unspecified atom stereocenters. The fourth-order valence-corrected chi connectivity index (χ4v) is 5.75. The molecule has 0 fully saturated rings. The highest BCUT2D eigenvalue weighted by atomic mass is 35.5. The Morgan fingerprint density at radius 2 is 1.60 bits per heavy atom. The lowest BCUT2D eigenvalue weighted by Gasteiger charge is -2.20. The summed E-state index contributed by atoms with van der Waals surface area (Å²) in [6.45, 7) is 3.03. The van der Waals surface area contributed by atoms with Crippen LogP contribution in [0.3, 0.4) is 0 Å². The second kappa shape index (κ2) is 13.0. The van der Waals surface area contributed by atoms with E-state index in [1.54, 1.807) is 0 Å². The van der Waals surface area contributed by atoms with Gasteiger partial charge in [-0.3, -0.25) is 4.79 Å². The lowest BCUT2D eigenvalue weighted by atomic mass is 10.3. The summed E-state index contributed by atoms with van der Waals surface area (Å²) >= 11 is 18.1. The van der Waals surface area contributed by atoms with E-state index < -0.39 is 31.9 Å². The molecule has 2 rings (SSSR count). The van der Waals surface area contributed by atoms with E-state index in [1.807, 2.05) is 0 Å². The van der Waals surface area contributed by atoms with Crippen molar-refractivity contribution in [3.63, 3.8) is 0 Å². The zero-order chi connectivity index (χ0) is 26.2. The first-order valence-electron chi connectivity index (χ1n) is 10.5. The van der Waals surface area contributed by atoms with Crippen LogP contribution in [0, 0.1) is 0 Å². The quantitative estimate of drug-likeness (QED) is 0.140. The molecule has 0 bridgehead atoms. The first-order valence-corrected chi connectivity index (χ1v) is 15.1. The molecule has 0 spiro atoms. The number of hydrogen-bond acceptors (Lipinski definition) is 8. The third-order valence-corrected chi connectivity index (χ3v) is 8.93. The Hall–Kier alpha value is -1.72. The summed E-state index contributed by atoms with van der Waals surface area (Å²) in [4.78, 5) is 11.2. The van der Waals surface area contributed by atoms with Crippen LogP contribution in [0.1, 0.15) is 26.7 Å². The van der Waals surface area contributed by atoms with Crippen molar-refractivity contribution in [2.45, 2.75) is 42.8 Å². The van der Waals surface area contributed by atoms with Crippen LogP contribution in [0.25, 0.3) is 0 Å². The van der Waals surface area contributed by atoms with Crippen LogP contribution < -0.4 is 9.47 Å². The van der Waals surface area contributed by atoms with Crippen LogP contribution in [0.4, 0.5) is 0 Å². The number of esters is 1. The Balaban J connectivity index is 2.27. The van der Waals surface area contributed by atoms with Gasteiger partial charge in [0, 0.05) is 25.0 Å². The van der Waals surface area contributed by atoms with Crippen molar-refractivity contribution in [3.8, 4) is 11.5 Å². The molecule has 0 aliphatic rings. The summed E-state index contributed by atoms with van der Waals surface area (Å²) in [5.41, 5.74) is 0. The SMILES string of the molecule is CCS(=O)(=O)CCC(OC(C)=O)Oc1c(Cl)cc(S(=O)(=O)c2ccc(OCCCCl)cc2)cc1Cl. The second-order valence-electron chi connectivity index (χ2n) is 7.26. The molecule has 13 heteroatoms. The maximum Gasteiger partial charge on any atom is 0.305 e. The van der Waals surface area contributed by atoms with E-state index in [-0.39, 0.29) is 43.5 Å².